The number of nitrogens with one attached hydrogen (secondary N) is 1. The van der Waals surface area contributed by atoms with Crippen molar-refractivity contribution >= 4 is 10.2 Å². The van der Waals surface area contributed by atoms with Gasteiger partial charge in [-0.1, -0.05) is 18.2 Å². The number of rotatable bonds is 7. The van der Waals surface area contributed by atoms with Crippen LogP contribution >= 0.6 is 0 Å². The van der Waals surface area contributed by atoms with Gasteiger partial charge in [-0.25, -0.2) is 4.98 Å². The Bertz CT molecular complexity index is 820. The lowest BCUT2D eigenvalue weighted by Crippen LogP contribution is -2.38. The van der Waals surface area contributed by atoms with Crippen LogP contribution in [0.3, 0.4) is 0 Å². The smallest absolute Gasteiger partial charge is 0.279 e. The second kappa shape index (κ2) is 7.81. The van der Waals surface area contributed by atoms with Gasteiger partial charge in [0.05, 0.1) is 7.11 Å². The molecule has 1 N–H and O–H groups in total. The van der Waals surface area contributed by atoms with E-state index in [4.69, 9.17) is 9.47 Å². The maximum atomic E-state index is 12.3. The molecule has 7 nitrogen and oxygen atoms in total. The van der Waals surface area contributed by atoms with Gasteiger partial charge >= 0.3 is 0 Å². The fourth-order valence-corrected chi connectivity index (χ4v) is 3.91. The Morgan fingerprint density at radius 2 is 1.84 bits per heavy atom. The number of hydrogen-bond acceptors (Lipinski definition) is 5. The Labute approximate surface area is 147 Å². The lowest BCUT2D eigenvalue weighted by Gasteiger charge is -2.17. The topological polar surface area (TPSA) is 80.8 Å². The molecule has 3 rings (SSSR count). The SMILES string of the molecule is COc1ccccc1Oc1ncccc1CNS(=O)(=O)N1CCCC1. The van der Waals surface area contributed by atoms with Crippen molar-refractivity contribution in [2.75, 3.05) is 20.2 Å². The fraction of sp³-hybridized carbons (Fsp3) is 0.353. The van der Waals surface area contributed by atoms with Gasteiger partial charge in [-0.2, -0.15) is 17.4 Å². The van der Waals surface area contributed by atoms with Crippen molar-refractivity contribution in [2.45, 2.75) is 19.4 Å². The zero-order valence-corrected chi connectivity index (χ0v) is 14.8. The summed E-state index contributed by atoms with van der Waals surface area (Å²) in [5.41, 5.74) is 0.649. The standard InChI is InChI=1S/C17H21N3O4S/c1-23-15-8-2-3-9-16(15)24-17-14(7-6-10-18-17)13-19-25(21,22)20-11-4-5-12-20/h2-3,6-10,19H,4-5,11-13H2,1H3. The average Bonchev–Trinajstić information content (AvgIpc) is 3.17. The monoisotopic (exact) mass is 363 g/mol. The minimum Gasteiger partial charge on any atom is -0.493 e. The van der Waals surface area contributed by atoms with E-state index in [1.807, 2.05) is 12.1 Å². The van der Waals surface area contributed by atoms with Gasteiger partial charge in [-0.15, -0.1) is 0 Å². The highest BCUT2D eigenvalue weighted by atomic mass is 32.2. The Morgan fingerprint density at radius 1 is 1.12 bits per heavy atom. The van der Waals surface area contributed by atoms with Crippen LogP contribution in [-0.2, 0) is 16.8 Å². The summed E-state index contributed by atoms with van der Waals surface area (Å²) in [7, 11) is -1.92. The molecule has 2 aromatic rings. The summed E-state index contributed by atoms with van der Waals surface area (Å²) in [5.74, 6) is 1.44. The highest BCUT2D eigenvalue weighted by molar-refractivity contribution is 7.87. The van der Waals surface area contributed by atoms with E-state index in [1.165, 1.54) is 4.31 Å². The molecule has 134 valence electrons. The number of ether oxygens (including phenoxy) is 2. The van der Waals surface area contributed by atoms with Gasteiger partial charge in [0.25, 0.3) is 10.2 Å². The molecule has 0 amide bonds. The van der Waals surface area contributed by atoms with Crippen LogP contribution in [0.15, 0.2) is 42.6 Å². The lowest BCUT2D eigenvalue weighted by molar-refractivity contribution is 0.372. The minimum absolute atomic E-state index is 0.108. The zero-order chi connectivity index (χ0) is 17.7. The molecule has 1 saturated heterocycles. The van der Waals surface area contributed by atoms with Crippen LogP contribution in [-0.4, -0.2) is 37.9 Å². The van der Waals surface area contributed by atoms with Gasteiger partial charge < -0.3 is 9.47 Å². The summed E-state index contributed by atoms with van der Waals surface area (Å²) in [6.07, 6.45) is 3.40. The second-order valence-electron chi connectivity index (χ2n) is 5.65. The van der Waals surface area contributed by atoms with Crippen LogP contribution in [0.25, 0.3) is 0 Å². The molecule has 8 heteroatoms. The van der Waals surface area contributed by atoms with Crippen LogP contribution in [0.4, 0.5) is 0 Å². The van der Waals surface area contributed by atoms with Gasteiger partial charge in [0.1, 0.15) is 0 Å². The third kappa shape index (κ3) is 4.28. The molecule has 1 fully saturated rings. The van der Waals surface area contributed by atoms with E-state index in [2.05, 4.69) is 9.71 Å². The first kappa shape index (κ1) is 17.7. The maximum absolute atomic E-state index is 12.3. The number of hydrogen-bond donors (Lipinski definition) is 1. The van der Waals surface area contributed by atoms with Crippen molar-refractivity contribution in [1.82, 2.24) is 14.0 Å². The molecule has 0 spiro atoms. The minimum atomic E-state index is -3.49. The molecule has 0 unspecified atom stereocenters. The predicted molar refractivity (Wildman–Crippen MR) is 93.9 cm³/mol. The van der Waals surface area contributed by atoms with E-state index in [-0.39, 0.29) is 6.54 Å². The van der Waals surface area contributed by atoms with Crippen molar-refractivity contribution in [3.8, 4) is 17.4 Å². The van der Waals surface area contributed by atoms with Gasteiger partial charge in [0, 0.05) is 31.4 Å². The van der Waals surface area contributed by atoms with E-state index < -0.39 is 10.2 Å². The Hall–Kier alpha value is -2.16. The molecule has 1 aliphatic heterocycles. The average molecular weight is 363 g/mol. The molecular formula is C17H21N3O4S. The van der Waals surface area contributed by atoms with Crippen molar-refractivity contribution in [3.05, 3.63) is 48.2 Å². The first-order chi connectivity index (χ1) is 12.1. The second-order valence-corrected chi connectivity index (χ2v) is 7.41. The summed E-state index contributed by atoms with van der Waals surface area (Å²) in [5, 5.41) is 0. The van der Waals surface area contributed by atoms with Crippen LogP contribution in [0, 0.1) is 0 Å². The molecule has 0 bridgehead atoms. The largest absolute Gasteiger partial charge is 0.493 e. The first-order valence-corrected chi connectivity index (χ1v) is 9.53. The highest BCUT2D eigenvalue weighted by Crippen LogP contribution is 2.31. The van der Waals surface area contributed by atoms with Crippen LogP contribution < -0.4 is 14.2 Å². The molecule has 0 aliphatic carbocycles. The quantitative estimate of drug-likeness (QED) is 0.816. The lowest BCUT2D eigenvalue weighted by atomic mass is 10.2. The number of methoxy groups -OCH3 is 1. The normalized spacial score (nSPS) is 15.2. The molecule has 0 atom stereocenters. The number of para-hydroxylation sites is 2. The highest BCUT2D eigenvalue weighted by Gasteiger charge is 2.25. The maximum Gasteiger partial charge on any atom is 0.279 e. The van der Waals surface area contributed by atoms with Crippen molar-refractivity contribution in [3.63, 3.8) is 0 Å². The van der Waals surface area contributed by atoms with Crippen LogP contribution in [0.5, 0.6) is 17.4 Å². The number of nitrogens with zero attached hydrogens (tertiary/aromatic N) is 2. The van der Waals surface area contributed by atoms with Gasteiger partial charge in [0.2, 0.25) is 5.88 Å². The fourth-order valence-electron chi connectivity index (χ4n) is 2.65. The predicted octanol–water partition coefficient (Wildman–Crippen LogP) is 2.31. The number of aromatic nitrogens is 1. The molecule has 25 heavy (non-hydrogen) atoms. The van der Waals surface area contributed by atoms with E-state index in [0.29, 0.717) is 36.0 Å². The summed E-state index contributed by atoms with van der Waals surface area (Å²) in [6.45, 7) is 1.23. The van der Waals surface area contributed by atoms with E-state index in [1.54, 1.807) is 37.6 Å². The molecule has 2 heterocycles. The molecule has 1 aliphatic rings. The van der Waals surface area contributed by atoms with Crippen LogP contribution in [0.1, 0.15) is 18.4 Å². The van der Waals surface area contributed by atoms with E-state index >= 15 is 0 Å². The molecule has 1 aromatic heterocycles. The molecule has 1 aromatic carbocycles. The van der Waals surface area contributed by atoms with Crippen LogP contribution in [0.2, 0.25) is 0 Å². The number of benzene rings is 1. The Kier molecular flexibility index (Phi) is 5.52. The van der Waals surface area contributed by atoms with E-state index in [9.17, 15) is 8.42 Å². The zero-order valence-electron chi connectivity index (χ0n) is 14.0. The summed E-state index contributed by atoms with van der Waals surface area (Å²) < 4.78 is 39.8. The van der Waals surface area contributed by atoms with Crippen molar-refractivity contribution in [1.29, 1.82) is 0 Å². The molecular weight excluding hydrogens is 342 g/mol. The third-order valence-corrected chi connectivity index (χ3v) is 5.53. The third-order valence-electron chi connectivity index (χ3n) is 3.98. The Balaban J connectivity index is 1.75. The first-order valence-electron chi connectivity index (χ1n) is 8.09. The van der Waals surface area contributed by atoms with Gasteiger partial charge in [-0.3, -0.25) is 0 Å². The summed E-state index contributed by atoms with van der Waals surface area (Å²) in [6, 6.07) is 10.8. The summed E-state index contributed by atoms with van der Waals surface area (Å²) in [4.78, 5) is 4.22. The van der Waals surface area contributed by atoms with Gasteiger partial charge in [-0.05, 0) is 31.0 Å². The number of pyridine rings is 1. The van der Waals surface area contributed by atoms with Crippen molar-refractivity contribution < 1.29 is 17.9 Å². The Morgan fingerprint density at radius 3 is 2.56 bits per heavy atom. The van der Waals surface area contributed by atoms with Crippen molar-refractivity contribution in [2.24, 2.45) is 0 Å². The molecule has 0 radical (unpaired) electrons. The summed E-state index contributed by atoms with van der Waals surface area (Å²) >= 11 is 0. The molecule has 0 saturated carbocycles. The van der Waals surface area contributed by atoms with E-state index in [0.717, 1.165) is 12.8 Å². The van der Waals surface area contributed by atoms with Gasteiger partial charge in [0.15, 0.2) is 11.5 Å².